The molecule has 24 heavy (non-hydrogen) atoms. The van der Waals surface area contributed by atoms with Crippen molar-refractivity contribution >= 4 is 29.8 Å². The van der Waals surface area contributed by atoms with Gasteiger partial charge in [0.1, 0.15) is 0 Å². The first-order valence-electron chi connectivity index (χ1n) is 7.32. The van der Waals surface area contributed by atoms with Crippen LogP contribution in [0.3, 0.4) is 0 Å². The van der Waals surface area contributed by atoms with E-state index in [-0.39, 0.29) is 0 Å². The fourth-order valence-electron chi connectivity index (χ4n) is 2.11. The molecule has 8 heteroatoms. The van der Waals surface area contributed by atoms with E-state index in [4.69, 9.17) is 26.6 Å². The monoisotopic (exact) mass is 370 g/mol. The maximum absolute atomic E-state index is 5.40. The van der Waals surface area contributed by atoms with Gasteiger partial charge in [-0.25, -0.2) is 0 Å². The van der Waals surface area contributed by atoms with Gasteiger partial charge < -0.3 is 26.6 Å². The molecule has 0 amide bonds. The van der Waals surface area contributed by atoms with Gasteiger partial charge in [-0.1, -0.05) is 36.4 Å². The summed E-state index contributed by atoms with van der Waals surface area (Å²) in [5.74, 6) is 0. The molecule has 0 saturated heterocycles. The van der Waals surface area contributed by atoms with Gasteiger partial charge in [-0.2, -0.15) is 0 Å². The Balaban J connectivity index is 3.13. The second kappa shape index (κ2) is 10.0. The summed E-state index contributed by atoms with van der Waals surface area (Å²) in [6, 6.07) is 7.90. The maximum atomic E-state index is 5.40. The summed E-state index contributed by atoms with van der Waals surface area (Å²) in [4.78, 5) is 0. The fourth-order valence-corrected chi connectivity index (χ4v) is 4.69. The standard InChI is InChI=1S/C16H26O6Si2/c1-17-23(18-2,19-3)13-11-15-9-7-8-10-16(15)12-14-24(20-4,21-5)22-6/h7-14H,1-6H3. The van der Waals surface area contributed by atoms with Crippen LogP contribution in [-0.2, 0) is 26.6 Å². The average molecular weight is 371 g/mol. The van der Waals surface area contributed by atoms with E-state index >= 15 is 0 Å². The topological polar surface area (TPSA) is 55.4 Å². The van der Waals surface area contributed by atoms with Crippen LogP contribution >= 0.6 is 0 Å². The molecule has 0 saturated carbocycles. The van der Waals surface area contributed by atoms with Gasteiger partial charge in [0.15, 0.2) is 0 Å². The third kappa shape index (κ3) is 5.20. The van der Waals surface area contributed by atoms with Gasteiger partial charge in [-0.3, -0.25) is 0 Å². The average Bonchev–Trinajstić information content (AvgIpc) is 2.66. The zero-order chi connectivity index (χ0) is 18.1. The van der Waals surface area contributed by atoms with Crippen LogP contribution in [0.1, 0.15) is 11.1 Å². The Labute approximate surface area is 146 Å². The number of rotatable bonds is 10. The van der Waals surface area contributed by atoms with Gasteiger partial charge in [-0.05, 0) is 22.5 Å². The first-order valence-corrected chi connectivity index (χ1v) is 10.9. The van der Waals surface area contributed by atoms with Crippen molar-refractivity contribution in [3.05, 3.63) is 46.8 Å². The third-order valence-electron chi connectivity index (χ3n) is 3.64. The molecule has 0 fully saturated rings. The largest absolute Gasteiger partial charge is 0.528 e. The lowest BCUT2D eigenvalue weighted by Crippen LogP contribution is -2.41. The molecule has 0 spiro atoms. The first-order chi connectivity index (χ1) is 11.5. The number of benzene rings is 1. The molecule has 0 bridgehead atoms. The van der Waals surface area contributed by atoms with E-state index in [9.17, 15) is 0 Å². The Morgan fingerprint density at radius 3 is 1.12 bits per heavy atom. The SMILES string of the molecule is CO[Si](C=Cc1ccccc1C=C[Si](OC)(OC)OC)(OC)OC. The van der Waals surface area contributed by atoms with Crippen LogP contribution in [-0.4, -0.2) is 60.3 Å². The highest BCUT2D eigenvalue weighted by molar-refractivity contribution is 6.67. The highest BCUT2D eigenvalue weighted by Crippen LogP contribution is 2.18. The van der Waals surface area contributed by atoms with Crippen molar-refractivity contribution in [1.82, 2.24) is 0 Å². The summed E-state index contributed by atoms with van der Waals surface area (Å²) >= 11 is 0. The zero-order valence-corrected chi connectivity index (χ0v) is 17.1. The molecule has 0 unspecified atom stereocenters. The molecule has 6 nitrogen and oxygen atoms in total. The van der Waals surface area contributed by atoms with Crippen LogP contribution in [0.4, 0.5) is 0 Å². The Bertz CT molecular complexity index is 488. The normalized spacial score (nSPS) is 13.2. The molecule has 0 atom stereocenters. The van der Waals surface area contributed by atoms with E-state index in [1.807, 2.05) is 47.8 Å². The zero-order valence-electron chi connectivity index (χ0n) is 15.1. The fraction of sp³-hybridized carbons (Fsp3) is 0.375. The van der Waals surface area contributed by atoms with E-state index in [2.05, 4.69) is 0 Å². The highest BCUT2D eigenvalue weighted by Gasteiger charge is 2.35. The summed E-state index contributed by atoms with van der Waals surface area (Å²) in [6.45, 7) is 0. The van der Waals surface area contributed by atoms with Crippen molar-refractivity contribution in [2.75, 3.05) is 42.7 Å². The molecule has 0 aromatic heterocycles. The Morgan fingerprint density at radius 2 is 0.875 bits per heavy atom. The second-order valence-electron chi connectivity index (χ2n) is 4.73. The lowest BCUT2D eigenvalue weighted by molar-refractivity contribution is 0.138. The van der Waals surface area contributed by atoms with Crippen molar-refractivity contribution in [2.45, 2.75) is 0 Å². The van der Waals surface area contributed by atoms with Crippen molar-refractivity contribution in [3.8, 4) is 0 Å². The molecule has 1 rings (SSSR count). The van der Waals surface area contributed by atoms with Gasteiger partial charge in [0, 0.05) is 42.7 Å². The molecule has 0 aliphatic heterocycles. The quantitative estimate of drug-likeness (QED) is 0.590. The van der Waals surface area contributed by atoms with E-state index in [1.165, 1.54) is 0 Å². The lowest BCUT2D eigenvalue weighted by Gasteiger charge is -2.21. The van der Waals surface area contributed by atoms with E-state index in [1.54, 1.807) is 42.7 Å². The van der Waals surface area contributed by atoms with Gasteiger partial charge in [0.2, 0.25) is 0 Å². The van der Waals surface area contributed by atoms with Gasteiger partial charge in [0.25, 0.3) is 0 Å². The minimum atomic E-state index is -2.77. The molecule has 1 aromatic carbocycles. The molecule has 0 heterocycles. The van der Waals surface area contributed by atoms with Crippen molar-refractivity contribution in [3.63, 3.8) is 0 Å². The summed E-state index contributed by atoms with van der Waals surface area (Å²) in [7, 11) is 3.90. The molecule has 0 N–H and O–H groups in total. The smallest absolute Gasteiger partial charge is 0.374 e. The molecule has 1 aromatic rings. The van der Waals surface area contributed by atoms with Gasteiger partial charge in [0.05, 0.1) is 0 Å². The number of hydrogen-bond acceptors (Lipinski definition) is 6. The van der Waals surface area contributed by atoms with Crippen LogP contribution in [0.15, 0.2) is 35.7 Å². The van der Waals surface area contributed by atoms with Crippen LogP contribution in [0, 0.1) is 0 Å². The van der Waals surface area contributed by atoms with Gasteiger partial charge in [-0.15, -0.1) is 0 Å². The summed E-state index contributed by atoms with van der Waals surface area (Å²) in [5, 5.41) is 0. The van der Waals surface area contributed by atoms with E-state index in [0.29, 0.717) is 0 Å². The summed E-state index contributed by atoms with van der Waals surface area (Å²) in [6.07, 6.45) is 3.86. The van der Waals surface area contributed by atoms with Crippen molar-refractivity contribution in [2.24, 2.45) is 0 Å². The van der Waals surface area contributed by atoms with Crippen LogP contribution in [0.5, 0.6) is 0 Å². The van der Waals surface area contributed by atoms with Crippen LogP contribution in [0.25, 0.3) is 12.2 Å². The number of hydrogen-bond donors (Lipinski definition) is 0. The highest BCUT2D eigenvalue weighted by atomic mass is 28.4. The first kappa shape index (κ1) is 20.9. The van der Waals surface area contributed by atoms with E-state index in [0.717, 1.165) is 11.1 Å². The van der Waals surface area contributed by atoms with Crippen LogP contribution < -0.4 is 0 Å². The summed E-state index contributed by atoms with van der Waals surface area (Å²) in [5.41, 5.74) is 5.66. The van der Waals surface area contributed by atoms with E-state index < -0.39 is 17.6 Å². The molecular formula is C16H26O6Si2. The molecule has 0 aliphatic rings. The maximum Gasteiger partial charge on any atom is 0.528 e. The Morgan fingerprint density at radius 1 is 0.583 bits per heavy atom. The second-order valence-corrected chi connectivity index (χ2v) is 10.3. The predicted octanol–water partition coefficient (Wildman–Crippen LogP) is 2.55. The van der Waals surface area contributed by atoms with Crippen molar-refractivity contribution < 1.29 is 26.6 Å². The van der Waals surface area contributed by atoms with Gasteiger partial charge >= 0.3 is 17.6 Å². The summed E-state index contributed by atoms with van der Waals surface area (Å²) < 4.78 is 32.4. The Hall–Kier alpha value is -1.11. The minimum Gasteiger partial charge on any atom is -0.374 e. The predicted molar refractivity (Wildman–Crippen MR) is 98.1 cm³/mol. The molecular weight excluding hydrogens is 344 g/mol. The molecule has 0 radical (unpaired) electrons. The molecule has 0 aliphatic carbocycles. The lowest BCUT2D eigenvalue weighted by atomic mass is 10.1. The van der Waals surface area contributed by atoms with Crippen LogP contribution in [0.2, 0.25) is 0 Å². The van der Waals surface area contributed by atoms with Crippen molar-refractivity contribution in [1.29, 1.82) is 0 Å². The Kier molecular flexibility index (Phi) is 8.74. The third-order valence-corrected chi connectivity index (χ3v) is 8.20. The minimum absolute atomic E-state index is 0.989. The molecule has 134 valence electrons.